The summed E-state index contributed by atoms with van der Waals surface area (Å²) < 4.78 is 10.8. The predicted molar refractivity (Wildman–Crippen MR) is 109 cm³/mol. The smallest absolute Gasteiger partial charge is 0.343 e. The maximum Gasteiger partial charge on any atom is 0.343 e. The number of hydrogen-bond donors (Lipinski definition) is 2. The first-order chi connectivity index (χ1) is 14.0. The van der Waals surface area contributed by atoms with Crippen LogP contribution in [0, 0.1) is 6.92 Å². The SMILES string of the molecule is COc1ccc(C)cc1NC(=O)[C@H](OC(=O)c1ccccc1O)c1ccccc1. The Bertz CT molecular complexity index is 1020. The fraction of sp³-hybridized carbons (Fsp3) is 0.130. The second-order valence-electron chi connectivity index (χ2n) is 6.41. The van der Waals surface area contributed by atoms with Gasteiger partial charge in [0.2, 0.25) is 6.10 Å². The summed E-state index contributed by atoms with van der Waals surface area (Å²) >= 11 is 0. The van der Waals surface area contributed by atoms with Crippen molar-refractivity contribution in [3.05, 3.63) is 89.5 Å². The van der Waals surface area contributed by atoms with Crippen molar-refractivity contribution in [1.29, 1.82) is 0 Å². The van der Waals surface area contributed by atoms with E-state index in [-0.39, 0.29) is 11.3 Å². The van der Waals surface area contributed by atoms with Crippen LogP contribution in [-0.2, 0) is 9.53 Å². The van der Waals surface area contributed by atoms with Crippen LogP contribution in [0.2, 0.25) is 0 Å². The van der Waals surface area contributed by atoms with Crippen molar-refractivity contribution in [2.24, 2.45) is 0 Å². The van der Waals surface area contributed by atoms with Crippen molar-refractivity contribution < 1.29 is 24.2 Å². The van der Waals surface area contributed by atoms with Crippen LogP contribution in [0.3, 0.4) is 0 Å². The maximum absolute atomic E-state index is 13.0. The molecule has 1 atom stereocenters. The number of carbonyl (C=O) groups excluding carboxylic acids is 2. The highest BCUT2D eigenvalue weighted by atomic mass is 16.5. The first-order valence-corrected chi connectivity index (χ1v) is 8.99. The van der Waals surface area contributed by atoms with E-state index in [1.165, 1.54) is 19.2 Å². The number of aryl methyl sites for hydroxylation is 1. The standard InChI is InChI=1S/C23H21NO5/c1-15-12-13-20(28-2)18(14-15)24-22(26)21(16-8-4-3-5-9-16)29-23(27)17-10-6-7-11-19(17)25/h3-14,21,25H,1-2H3,(H,24,26)/t21-/m1/s1. The molecule has 0 radical (unpaired) electrons. The topological polar surface area (TPSA) is 84.9 Å². The lowest BCUT2D eigenvalue weighted by molar-refractivity contribution is -0.125. The van der Waals surface area contributed by atoms with Gasteiger partial charge in [0.25, 0.3) is 5.91 Å². The number of carbonyl (C=O) groups is 2. The summed E-state index contributed by atoms with van der Waals surface area (Å²) in [5.74, 6) is -1.07. The molecular formula is C23H21NO5. The van der Waals surface area contributed by atoms with Gasteiger partial charge >= 0.3 is 5.97 Å². The van der Waals surface area contributed by atoms with Crippen LogP contribution in [0.1, 0.15) is 27.6 Å². The number of nitrogens with one attached hydrogen (secondary N) is 1. The number of benzene rings is 3. The predicted octanol–water partition coefficient (Wildman–Crippen LogP) is 4.25. The Morgan fingerprint density at radius 2 is 1.66 bits per heavy atom. The zero-order chi connectivity index (χ0) is 20.8. The number of phenolic OH excluding ortho intramolecular Hbond substituents is 1. The first kappa shape index (κ1) is 19.9. The largest absolute Gasteiger partial charge is 0.507 e. The second-order valence-corrected chi connectivity index (χ2v) is 6.41. The molecular weight excluding hydrogens is 370 g/mol. The maximum atomic E-state index is 13.0. The van der Waals surface area contributed by atoms with Crippen molar-refractivity contribution in [3.8, 4) is 11.5 Å². The summed E-state index contributed by atoms with van der Waals surface area (Å²) in [4.78, 5) is 25.6. The van der Waals surface area contributed by atoms with Crippen molar-refractivity contribution in [3.63, 3.8) is 0 Å². The number of rotatable bonds is 6. The fourth-order valence-corrected chi connectivity index (χ4v) is 2.84. The van der Waals surface area contributed by atoms with Gasteiger partial charge in [0, 0.05) is 5.56 Å². The minimum atomic E-state index is -1.21. The number of esters is 1. The quantitative estimate of drug-likeness (QED) is 0.614. The molecule has 0 unspecified atom stereocenters. The van der Waals surface area contributed by atoms with Crippen molar-refractivity contribution >= 4 is 17.6 Å². The molecule has 3 aromatic rings. The molecule has 0 spiro atoms. The minimum Gasteiger partial charge on any atom is -0.507 e. The van der Waals surface area contributed by atoms with E-state index in [1.807, 2.05) is 13.0 Å². The van der Waals surface area contributed by atoms with Gasteiger partial charge in [-0.05, 0) is 36.8 Å². The van der Waals surface area contributed by atoms with Crippen molar-refractivity contribution in [2.45, 2.75) is 13.0 Å². The van der Waals surface area contributed by atoms with E-state index in [9.17, 15) is 14.7 Å². The van der Waals surface area contributed by atoms with Gasteiger partial charge in [0.15, 0.2) is 0 Å². The average Bonchev–Trinajstić information content (AvgIpc) is 2.73. The van der Waals surface area contributed by atoms with Crippen LogP contribution in [0.5, 0.6) is 11.5 Å². The first-order valence-electron chi connectivity index (χ1n) is 8.99. The van der Waals surface area contributed by atoms with Crippen LogP contribution in [0.4, 0.5) is 5.69 Å². The molecule has 0 fully saturated rings. The van der Waals surface area contributed by atoms with E-state index in [1.54, 1.807) is 54.6 Å². The molecule has 0 aliphatic rings. The number of methoxy groups -OCH3 is 1. The molecule has 0 bridgehead atoms. The number of ether oxygens (including phenoxy) is 2. The highest BCUT2D eigenvalue weighted by Crippen LogP contribution is 2.28. The Morgan fingerprint density at radius 3 is 2.34 bits per heavy atom. The van der Waals surface area contributed by atoms with E-state index < -0.39 is 18.0 Å². The van der Waals surface area contributed by atoms with E-state index in [2.05, 4.69) is 5.32 Å². The Balaban J connectivity index is 1.90. The summed E-state index contributed by atoms with van der Waals surface area (Å²) in [7, 11) is 1.51. The Kier molecular flexibility index (Phi) is 6.14. The van der Waals surface area contributed by atoms with Gasteiger partial charge in [0.1, 0.15) is 17.1 Å². The lowest BCUT2D eigenvalue weighted by Gasteiger charge is -2.19. The molecule has 0 heterocycles. The summed E-state index contributed by atoms with van der Waals surface area (Å²) in [5, 5.41) is 12.7. The number of hydrogen-bond acceptors (Lipinski definition) is 5. The lowest BCUT2D eigenvalue weighted by atomic mass is 10.1. The highest BCUT2D eigenvalue weighted by Gasteiger charge is 2.27. The third-order valence-corrected chi connectivity index (χ3v) is 4.30. The van der Waals surface area contributed by atoms with Gasteiger partial charge in [-0.25, -0.2) is 4.79 Å². The van der Waals surface area contributed by atoms with Crippen LogP contribution >= 0.6 is 0 Å². The van der Waals surface area contributed by atoms with Gasteiger partial charge in [-0.15, -0.1) is 0 Å². The fourth-order valence-electron chi connectivity index (χ4n) is 2.84. The molecule has 29 heavy (non-hydrogen) atoms. The number of aromatic hydroxyl groups is 1. The third-order valence-electron chi connectivity index (χ3n) is 4.30. The Hall–Kier alpha value is -3.80. The number of amides is 1. The minimum absolute atomic E-state index is 0.0191. The molecule has 148 valence electrons. The van der Waals surface area contributed by atoms with E-state index >= 15 is 0 Å². The zero-order valence-corrected chi connectivity index (χ0v) is 16.1. The van der Waals surface area contributed by atoms with E-state index in [0.29, 0.717) is 17.0 Å². The molecule has 0 saturated carbocycles. The number of para-hydroxylation sites is 1. The van der Waals surface area contributed by atoms with Crippen molar-refractivity contribution in [2.75, 3.05) is 12.4 Å². The van der Waals surface area contributed by atoms with Crippen LogP contribution in [-0.4, -0.2) is 24.1 Å². The van der Waals surface area contributed by atoms with Gasteiger partial charge in [-0.2, -0.15) is 0 Å². The van der Waals surface area contributed by atoms with Crippen LogP contribution < -0.4 is 10.1 Å². The molecule has 2 N–H and O–H groups in total. The normalized spacial score (nSPS) is 11.4. The molecule has 3 rings (SSSR count). The van der Waals surface area contributed by atoms with Crippen LogP contribution in [0.15, 0.2) is 72.8 Å². The average molecular weight is 391 g/mol. The number of phenols is 1. The van der Waals surface area contributed by atoms with Gasteiger partial charge < -0.3 is 19.9 Å². The monoisotopic (exact) mass is 391 g/mol. The highest BCUT2D eigenvalue weighted by molar-refractivity contribution is 5.99. The summed E-state index contributed by atoms with van der Waals surface area (Å²) in [6.07, 6.45) is -1.21. The third kappa shape index (κ3) is 4.73. The molecule has 6 nitrogen and oxygen atoms in total. The van der Waals surface area contributed by atoms with E-state index in [0.717, 1.165) is 5.56 Å². The molecule has 1 amide bonds. The molecule has 3 aromatic carbocycles. The molecule has 0 aromatic heterocycles. The summed E-state index contributed by atoms with van der Waals surface area (Å²) in [6.45, 7) is 1.89. The van der Waals surface area contributed by atoms with Crippen LogP contribution in [0.25, 0.3) is 0 Å². The summed E-state index contributed by atoms with van der Waals surface area (Å²) in [5.41, 5.74) is 1.88. The summed E-state index contributed by atoms with van der Waals surface area (Å²) in [6, 6.07) is 20.1. The molecule has 6 heteroatoms. The Morgan fingerprint density at radius 1 is 0.966 bits per heavy atom. The van der Waals surface area contributed by atoms with Gasteiger partial charge in [-0.3, -0.25) is 4.79 Å². The molecule has 0 aliphatic heterocycles. The van der Waals surface area contributed by atoms with Gasteiger partial charge in [0.05, 0.1) is 12.8 Å². The molecule has 0 aliphatic carbocycles. The van der Waals surface area contributed by atoms with E-state index in [4.69, 9.17) is 9.47 Å². The Labute approximate surface area is 168 Å². The lowest BCUT2D eigenvalue weighted by Crippen LogP contribution is -2.26. The van der Waals surface area contributed by atoms with Gasteiger partial charge in [-0.1, -0.05) is 48.5 Å². The van der Waals surface area contributed by atoms with Crippen molar-refractivity contribution in [1.82, 2.24) is 0 Å². The molecule has 0 saturated heterocycles. The second kappa shape index (κ2) is 8.93. The number of anilines is 1. The zero-order valence-electron chi connectivity index (χ0n) is 16.1.